The van der Waals surface area contributed by atoms with Crippen molar-refractivity contribution < 1.29 is 27.4 Å². The van der Waals surface area contributed by atoms with E-state index in [1.54, 1.807) is 24.4 Å². The molecule has 4 rings (SSSR count). The summed E-state index contributed by atoms with van der Waals surface area (Å²) in [5, 5.41) is 3.65. The van der Waals surface area contributed by atoms with Crippen LogP contribution in [0.25, 0.3) is 10.9 Å². The van der Waals surface area contributed by atoms with Crippen LogP contribution >= 0.6 is 12.1 Å². The Bertz CT molecular complexity index is 1420. The van der Waals surface area contributed by atoms with E-state index in [0.29, 0.717) is 11.3 Å². The van der Waals surface area contributed by atoms with Crippen LogP contribution in [0.4, 0.5) is 23.7 Å². The number of alkyl halides is 3. The Hall–Kier alpha value is -4.25. The Kier molecular flexibility index (Phi) is 7.83. The Balaban J connectivity index is 1.33. The van der Waals surface area contributed by atoms with Gasteiger partial charge in [-0.2, -0.15) is 0 Å². The first-order chi connectivity index (χ1) is 17.7. The van der Waals surface area contributed by atoms with Crippen LogP contribution in [0.1, 0.15) is 16.7 Å². The Morgan fingerprint density at radius 3 is 2.38 bits per heavy atom. The number of halogens is 3. The SMILES string of the molecule is Cc1cccc(C)c1NC(=O)NSN=Cc1ccc2nc(Oc3ccc(OC(F)(F)F)cc3)ccc2c1. The van der Waals surface area contributed by atoms with Crippen molar-refractivity contribution in [2.45, 2.75) is 20.2 Å². The predicted octanol–water partition coefficient (Wildman–Crippen LogP) is 7.35. The summed E-state index contributed by atoms with van der Waals surface area (Å²) in [5.74, 6) is 0.264. The van der Waals surface area contributed by atoms with Crippen LogP contribution in [0.3, 0.4) is 0 Å². The van der Waals surface area contributed by atoms with Crippen molar-refractivity contribution in [1.29, 1.82) is 0 Å². The molecule has 11 heteroatoms. The average Bonchev–Trinajstić information content (AvgIpc) is 2.84. The lowest BCUT2D eigenvalue weighted by Gasteiger charge is -2.10. The number of fused-ring (bicyclic) bond motifs is 1. The number of amides is 2. The van der Waals surface area contributed by atoms with Crippen LogP contribution in [0.15, 0.2) is 77.2 Å². The van der Waals surface area contributed by atoms with Crippen molar-refractivity contribution in [3.63, 3.8) is 0 Å². The zero-order valence-corrected chi connectivity index (χ0v) is 20.5. The van der Waals surface area contributed by atoms with E-state index in [-0.39, 0.29) is 17.7 Å². The van der Waals surface area contributed by atoms with Crippen LogP contribution in [-0.2, 0) is 0 Å². The number of nitrogens with zero attached hydrogens (tertiary/aromatic N) is 2. The molecule has 0 aliphatic carbocycles. The van der Waals surface area contributed by atoms with E-state index < -0.39 is 6.36 Å². The lowest BCUT2D eigenvalue weighted by atomic mass is 10.1. The molecule has 2 N–H and O–H groups in total. The number of anilines is 1. The summed E-state index contributed by atoms with van der Waals surface area (Å²) in [5.41, 5.74) is 4.16. The molecule has 3 aromatic carbocycles. The molecular weight excluding hydrogens is 505 g/mol. The second-order valence-electron chi connectivity index (χ2n) is 7.87. The first-order valence-electron chi connectivity index (χ1n) is 10.9. The summed E-state index contributed by atoms with van der Waals surface area (Å²) in [7, 11) is 0. The average molecular weight is 527 g/mol. The Morgan fingerprint density at radius 1 is 0.973 bits per heavy atom. The van der Waals surface area contributed by atoms with Crippen molar-refractivity contribution in [2.75, 3.05) is 5.32 Å². The van der Waals surface area contributed by atoms with Gasteiger partial charge in [0, 0.05) is 23.4 Å². The number of carbonyl (C=O) groups is 1. The largest absolute Gasteiger partial charge is 0.573 e. The molecular formula is C26H21F3N4O3S. The van der Waals surface area contributed by atoms with Crippen molar-refractivity contribution in [3.05, 3.63) is 89.5 Å². The van der Waals surface area contributed by atoms with Gasteiger partial charge in [0.1, 0.15) is 11.5 Å². The molecule has 0 spiro atoms. The number of carbonyl (C=O) groups excluding carboxylic acids is 1. The monoisotopic (exact) mass is 526 g/mol. The molecule has 2 amide bonds. The van der Waals surface area contributed by atoms with E-state index in [1.807, 2.05) is 44.2 Å². The third kappa shape index (κ3) is 7.37. The van der Waals surface area contributed by atoms with Crippen molar-refractivity contribution in [1.82, 2.24) is 9.71 Å². The third-order valence-corrected chi connectivity index (χ3v) is 5.57. The molecule has 0 radical (unpaired) electrons. The normalized spacial score (nSPS) is 11.5. The predicted molar refractivity (Wildman–Crippen MR) is 138 cm³/mol. The van der Waals surface area contributed by atoms with E-state index >= 15 is 0 Å². The van der Waals surface area contributed by atoms with Crippen LogP contribution in [-0.4, -0.2) is 23.6 Å². The van der Waals surface area contributed by atoms with Crippen molar-refractivity contribution in [2.24, 2.45) is 4.40 Å². The summed E-state index contributed by atoms with van der Waals surface area (Å²) in [6.07, 6.45) is -3.14. The molecule has 1 heterocycles. The number of hydrogen-bond donors (Lipinski definition) is 2. The molecule has 0 aliphatic rings. The molecule has 0 saturated heterocycles. The number of aromatic nitrogens is 1. The number of nitrogens with one attached hydrogen (secondary N) is 2. The maximum absolute atomic E-state index is 12.3. The van der Waals surface area contributed by atoms with E-state index in [0.717, 1.165) is 52.0 Å². The van der Waals surface area contributed by atoms with E-state index in [9.17, 15) is 18.0 Å². The fourth-order valence-electron chi connectivity index (χ4n) is 3.40. The maximum Gasteiger partial charge on any atom is 0.573 e. The van der Waals surface area contributed by atoms with Crippen molar-refractivity contribution in [3.8, 4) is 17.4 Å². The number of hydrogen-bond acceptors (Lipinski definition) is 6. The summed E-state index contributed by atoms with van der Waals surface area (Å²) in [6.45, 7) is 3.85. The van der Waals surface area contributed by atoms with Gasteiger partial charge in [-0.3, -0.25) is 4.72 Å². The second-order valence-corrected chi connectivity index (χ2v) is 8.47. The third-order valence-electron chi connectivity index (χ3n) is 5.08. The molecule has 190 valence electrons. The molecule has 0 saturated carbocycles. The zero-order chi connectivity index (χ0) is 26.4. The fraction of sp³-hybridized carbons (Fsp3) is 0.115. The van der Waals surface area contributed by atoms with Gasteiger partial charge in [-0.05, 0) is 73.0 Å². The zero-order valence-electron chi connectivity index (χ0n) is 19.7. The first-order valence-corrected chi connectivity index (χ1v) is 11.7. The Morgan fingerprint density at radius 2 is 1.68 bits per heavy atom. The minimum atomic E-state index is -4.75. The minimum absolute atomic E-state index is 0.285. The number of benzene rings is 3. The molecule has 1 aromatic heterocycles. The fourth-order valence-corrected chi connectivity index (χ4v) is 3.76. The minimum Gasteiger partial charge on any atom is -0.439 e. The highest BCUT2D eigenvalue weighted by molar-refractivity contribution is 7.96. The van der Waals surface area contributed by atoms with E-state index in [2.05, 4.69) is 24.2 Å². The van der Waals surface area contributed by atoms with Crippen LogP contribution in [0, 0.1) is 13.8 Å². The molecule has 0 unspecified atom stereocenters. The number of rotatable bonds is 7. The van der Waals surface area contributed by atoms with Gasteiger partial charge < -0.3 is 14.8 Å². The van der Waals surface area contributed by atoms with Gasteiger partial charge in [0.2, 0.25) is 5.88 Å². The van der Waals surface area contributed by atoms with Gasteiger partial charge in [0.05, 0.1) is 17.7 Å². The summed E-state index contributed by atoms with van der Waals surface area (Å²) in [4.78, 5) is 16.6. The molecule has 0 atom stereocenters. The van der Waals surface area contributed by atoms with Gasteiger partial charge in [0.25, 0.3) is 0 Å². The van der Waals surface area contributed by atoms with Crippen LogP contribution in [0.2, 0.25) is 0 Å². The maximum atomic E-state index is 12.3. The highest BCUT2D eigenvalue weighted by Gasteiger charge is 2.31. The molecule has 4 aromatic rings. The van der Waals surface area contributed by atoms with Crippen LogP contribution < -0.4 is 19.5 Å². The highest BCUT2D eigenvalue weighted by atomic mass is 32.2. The van der Waals surface area contributed by atoms with Gasteiger partial charge >= 0.3 is 12.4 Å². The molecule has 7 nitrogen and oxygen atoms in total. The number of urea groups is 1. The number of para-hydroxylation sites is 1. The number of ether oxygens (including phenoxy) is 2. The summed E-state index contributed by atoms with van der Waals surface area (Å²) < 4.78 is 53.1. The van der Waals surface area contributed by atoms with Gasteiger partial charge in [-0.1, -0.05) is 24.3 Å². The highest BCUT2D eigenvalue weighted by Crippen LogP contribution is 2.28. The lowest BCUT2D eigenvalue weighted by molar-refractivity contribution is -0.274. The summed E-state index contributed by atoms with van der Waals surface area (Å²) in [6, 6.07) is 19.4. The quantitative estimate of drug-likeness (QED) is 0.194. The van der Waals surface area contributed by atoms with E-state index in [4.69, 9.17) is 4.74 Å². The second kappa shape index (κ2) is 11.2. The van der Waals surface area contributed by atoms with Crippen molar-refractivity contribution >= 4 is 41.0 Å². The first kappa shape index (κ1) is 25.8. The standard InChI is InChI=1S/C26H21F3N4O3S/c1-16-4-3-5-17(2)24(16)32-25(34)33-37-30-15-18-6-12-22-19(14-18)7-13-23(31-22)35-20-8-10-21(11-9-20)36-26(27,28)29/h3-15H,1-2H3,(H2,32,33,34). The van der Waals surface area contributed by atoms with E-state index in [1.165, 1.54) is 12.1 Å². The van der Waals surface area contributed by atoms with Crippen LogP contribution in [0.5, 0.6) is 17.4 Å². The van der Waals surface area contributed by atoms with Gasteiger partial charge in [0.15, 0.2) is 0 Å². The molecule has 0 aliphatic heterocycles. The lowest BCUT2D eigenvalue weighted by Crippen LogP contribution is -2.23. The number of pyridine rings is 1. The Labute approximate surface area is 215 Å². The number of aryl methyl sites for hydroxylation is 2. The van der Waals surface area contributed by atoms with Gasteiger partial charge in [-0.25, -0.2) is 14.2 Å². The van der Waals surface area contributed by atoms with Gasteiger partial charge in [-0.15, -0.1) is 13.2 Å². The smallest absolute Gasteiger partial charge is 0.439 e. The molecule has 0 fully saturated rings. The summed E-state index contributed by atoms with van der Waals surface area (Å²) >= 11 is 0.901. The molecule has 0 bridgehead atoms. The molecule has 37 heavy (non-hydrogen) atoms. The topological polar surface area (TPSA) is 84.8 Å².